The van der Waals surface area contributed by atoms with Crippen molar-refractivity contribution in [1.29, 1.82) is 0 Å². The summed E-state index contributed by atoms with van der Waals surface area (Å²) in [5.74, 6) is -8.36. The third-order valence-corrected chi connectivity index (χ3v) is 3.89. The molecule has 0 unspecified atom stereocenters. The van der Waals surface area contributed by atoms with E-state index in [0.717, 1.165) is 0 Å². The number of hydrogen-bond donors (Lipinski definition) is 2. The molecule has 3 aliphatic rings. The summed E-state index contributed by atoms with van der Waals surface area (Å²) in [5.41, 5.74) is 0.165. The summed E-state index contributed by atoms with van der Waals surface area (Å²) in [6.45, 7) is -0.814. The summed E-state index contributed by atoms with van der Waals surface area (Å²) >= 11 is 0. The molecular weight excluding hydrogens is 276 g/mol. The molecule has 2 atom stereocenters. The van der Waals surface area contributed by atoms with Gasteiger partial charge in [-0.1, -0.05) is 12.2 Å². The SMILES string of the molecule is OCC1=C[C@@H]2C(CO)=C[C@H]1c1c(F)c(F)c(F)c(F)c12. The number of aliphatic hydroxyl groups is 2. The molecule has 1 aromatic rings. The third-order valence-electron chi connectivity index (χ3n) is 3.89. The topological polar surface area (TPSA) is 40.5 Å². The fraction of sp³-hybridized carbons (Fsp3) is 0.286. The van der Waals surface area contributed by atoms with E-state index in [-0.39, 0.29) is 11.1 Å². The second-order valence-electron chi connectivity index (χ2n) is 4.84. The Morgan fingerprint density at radius 1 is 0.700 bits per heavy atom. The molecule has 0 spiro atoms. The Labute approximate surface area is 111 Å². The van der Waals surface area contributed by atoms with E-state index in [9.17, 15) is 27.8 Å². The Kier molecular flexibility index (Phi) is 2.95. The Morgan fingerprint density at radius 2 is 1.05 bits per heavy atom. The zero-order valence-electron chi connectivity index (χ0n) is 10.1. The van der Waals surface area contributed by atoms with E-state index >= 15 is 0 Å². The van der Waals surface area contributed by atoms with E-state index in [1.807, 2.05) is 0 Å². The van der Waals surface area contributed by atoms with Crippen LogP contribution in [0.25, 0.3) is 0 Å². The van der Waals surface area contributed by atoms with E-state index in [0.29, 0.717) is 11.1 Å². The number of hydrogen-bond acceptors (Lipinski definition) is 2. The van der Waals surface area contributed by atoms with E-state index in [1.165, 1.54) is 12.2 Å². The Balaban J connectivity index is 2.32. The molecule has 4 rings (SSSR count). The largest absolute Gasteiger partial charge is 0.392 e. The summed E-state index contributed by atoms with van der Waals surface area (Å²) in [7, 11) is 0. The van der Waals surface area contributed by atoms with Crippen molar-refractivity contribution >= 4 is 0 Å². The van der Waals surface area contributed by atoms with Crippen LogP contribution >= 0.6 is 0 Å². The second-order valence-corrected chi connectivity index (χ2v) is 4.84. The summed E-state index contributed by atoms with van der Waals surface area (Å²) in [6, 6.07) is 0. The van der Waals surface area contributed by atoms with Crippen molar-refractivity contribution in [1.82, 2.24) is 0 Å². The van der Waals surface area contributed by atoms with Gasteiger partial charge in [0.2, 0.25) is 0 Å². The molecular formula is C14H10F4O2. The van der Waals surface area contributed by atoms with Crippen LogP contribution in [-0.4, -0.2) is 23.4 Å². The predicted molar refractivity (Wildman–Crippen MR) is 62.1 cm³/mol. The van der Waals surface area contributed by atoms with Crippen LogP contribution < -0.4 is 0 Å². The fourth-order valence-corrected chi connectivity index (χ4v) is 2.96. The van der Waals surface area contributed by atoms with Crippen molar-refractivity contribution in [3.05, 3.63) is 57.7 Å². The summed E-state index contributed by atoms with van der Waals surface area (Å²) in [6.07, 6.45) is 2.91. The minimum Gasteiger partial charge on any atom is -0.392 e. The quantitative estimate of drug-likeness (QED) is 0.379. The molecule has 3 aliphatic carbocycles. The number of rotatable bonds is 2. The molecule has 0 saturated heterocycles. The minimum atomic E-state index is -1.86. The standard InChI is InChI=1S/C14H10F4O2/c15-11-9-7-1-5(3-19)8(2-6(7)4-20)10(9)12(16)14(18)13(11)17/h1-2,7-8,19-20H,3-4H2/t7-,8-/m1/s1. The number of aliphatic hydroxyl groups excluding tert-OH is 2. The van der Waals surface area contributed by atoms with Crippen LogP contribution in [0.2, 0.25) is 0 Å². The molecule has 0 amide bonds. The first kappa shape index (κ1) is 13.3. The molecule has 2 N–H and O–H groups in total. The molecule has 0 saturated carbocycles. The smallest absolute Gasteiger partial charge is 0.197 e. The van der Waals surface area contributed by atoms with Crippen LogP contribution in [0.5, 0.6) is 0 Å². The van der Waals surface area contributed by atoms with Crippen molar-refractivity contribution in [3.63, 3.8) is 0 Å². The first-order chi connectivity index (χ1) is 9.51. The molecule has 1 aromatic carbocycles. The highest BCUT2D eigenvalue weighted by Gasteiger charge is 2.41. The lowest BCUT2D eigenvalue weighted by molar-refractivity contribution is 0.307. The van der Waals surface area contributed by atoms with Crippen molar-refractivity contribution in [2.75, 3.05) is 13.2 Å². The third kappa shape index (κ3) is 1.52. The molecule has 2 bridgehead atoms. The van der Waals surface area contributed by atoms with Crippen molar-refractivity contribution in [2.45, 2.75) is 11.8 Å². The summed E-state index contributed by atoms with van der Waals surface area (Å²) in [5, 5.41) is 18.5. The van der Waals surface area contributed by atoms with Gasteiger partial charge in [0.15, 0.2) is 23.3 Å². The van der Waals surface area contributed by atoms with Crippen LogP contribution in [-0.2, 0) is 0 Å². The average molecular weight is 286 g/mol. The van der Waals surface area contributed by atoms with Gasteiger partial charge in [0, 0.05) is 23.0 Å². The molecule has 0 radical (unpaired) electrons. The Morgan fingerprint density at radius 3 is 1.35 bits per heavy atom. The minimum absolute atomic E-state index is 0.296. The zero-order chi connectivity index (χ0) is 14.6. The van der Waals surface area contributed by atoms with Crippen molar-refractivity contribution < 1.29 is 27.8 Å². The maximum absolute atomic E-state index is 13.9. The van der Waals surface area contributed by atoms with Crippen LogP contribution in [0.15, 0.2) is 23.3 Å². The van der Waals surface area contributed by atoms with Gasteiger partial charge in [-0.2, -0.15) is 0 Å². The number of benzene rings is 1. The van der Waals surface area contributed by atoms with Crippen LogP contribution in [0.4, 0.5) is 17.6 Å². The zero-order valence-corrected chi connectivity index (χ0v) is 10.1. The van der Waals surface area contributed by atoms with Gasteiger partial charge < -0.3 is 10.2 Å². The van der Waals surface area contributed by atoms with E-state index in [1.54, 1.807) is 0 Å². The van der Waals surface area contributed by atoms with E-state index < -0.39 is 48.3 Å². The monoisotopic (exact) mass is 286 g/mol. The van der Waals surface area contributed by atoms with Gasteiger partial charge >= 0.3 is 0 Å². The molecule has 0 aromatic heterocycles. The molecule has 0 aliphatic heterocycles. The molecule has 6 heteroatoms. The number of halogens is 4. The van der Waals surface area contributed by atoms with E-state index in [4.69, 9.17) is 0 Å². The summed E-state index contributed by atoms with van der Waals surface area (Å²) < 4.78 is 54.6. The molecule has 0 fully saturated rings. The molecule has 20 heavy (non-hydrogen) atoms. The summed E-state index contributed by atoms with van der Waals surface area (Å²) in [4.78, 5) is 0. The highest BCUT2D eigenvalue weighted by atomic mass is 19.2. The predicted octanol–water partition coefficient (Wildman–Crippen LogP) is 2.27. The van der Waals surface area contributed by atoms with Gasteiger partial charge in [0.05, 0.1) is 13.2 Å². The lowest BCUT2D eigenvalue weighted by Crippen LogP contribution is -2.27. The second kappa shape index (κ2) is 4.43. The van der Waals surface area contributed by atoms with Crippen molar-refractivity contribution in [3.8, 4) is 0 Å². The van der Waals surface area contributed by atoms with Crippen LogP contribution in [0, 0.1) is 23.3 Å². The van der Waals surface area contributed by atoms with E-state index in [2.05, 4.69) is 0 Å². The average Bonchev–Trinajstić information content (AvgIpc) is 2.49. The molecule has 2 nitrogen and oxygen atoms in total. The normalized spacial score (nSPS) is 23.5. The molecule has 106 valence electrons. The maximum Gasteiger partial charge on any atom is 0.197 e. The van der Waals surface area contributed by atoms with Gasteiger partial charge in [-0.15, -0.1) is 0 Å². The highest BCUT2D eigenvalue weighted by molar-refractivity contribution is 5.58. The first-order valence-electron chi connectivity index (χ1n) is 5.99. The van der Waals surface area contributed by atoms with Crippen LogP contribution in [0.3, 0.4) is 0 Å². The Hall–Kier alpha value is -1.66. The highest BCUT2D eigenvalue weighted by Crippen LogP contribution is 2.50. The van der Waals surface area contributed by atoms with Crippen molar-refractivity contribution in [2.24, 2.45) is 0 Å². The fourth-order valence-electron chi connectivity index (χ4n) is 2.96. The van der Waals surface area contributed by atoms with Gasteiger partial charge in [0.1, 0.15) is 0 Å². The first-order valence-corrected chi connectivity index (χ1v) is 5.99. The Bertz CT molecular complexity index is 607. The van der Waals surface area contributed by atoms with Gasteiger partial charge in [-0.3, -0.25) is 0 Å². The van der Waals surface area contributed by atoms with Gasteiger partial charge in [-0.05, 0) is 11.1 Å². The van der Waals surface area contributed by atoms with Gasteiger partial charge in [-0.25, -0.2) is 17.6 Å². The lowest BCUT2D eigenvalue weighted by Gasteiger charge is -2.36. The maximum atomic E-state index is 13.9. The number of allylic oxidation sites excluding steroid dienone is 2. The lowest BCUT2D eigenvalue weighted by atomic mass is 9.68. The van der Waals surface area contributed by atoms with Crippen LogP contribution in [0.1, 0.15) is 23.0 Å². The van der Waals surface area contributed by atoms with Gasteiger partial charge in [0.25, 0.3) is 0 Å². The molecule has 0 heterocycles.